The molecule has 106 valence electrons. The van der Waals surface area contributed by atoms with Crippen LogP contribution in [0.4, 0.5) is 8.78 Å². The van der Waals surface area contributed by atoms with E-state index in [1.165, 1.54) is 6.07 Å². The van der Waals surface area contributed by atoms with Crippen molar-refractivity contribution in [1.29, 1.82) is 0 Å². The minimum Gasteiger partial charge on any atom is -0.388 e. The lowest BCUT2D eigenvalue weighted by molar-refractivity contribution is -0.0885. The van der Waals surface area contributed by atoms with Crippen molar-refractivity contribution in [3.63, 3.8) is 0 Å². The summed E-state index contributed by atoms with van der Waals surface area (Å²) < 4.78 is 33.4. The third-order valence-electron chi connectivity index (χ3n) is 3.82. The van der Waals surface area contributed by atoms with E-state index in [9.17, 15) is 13.9 Å². The summed E-state index contributed by atoms with van der Waals surface area (Å²) in [6, 6.07) is 3.62. The Balaban J connectivity index is 2.37. The monoisotopic (exact) mass is 270 g/mol. The number of halogens is 2. The summed E-state index contributed by atoms with van der Waals surface area (Å²) >= 11 is 0. The van der Waals surface area contributed by atoms with Gasteiger partial charge in [-0.3, -0.25) is 0 Å². The number of benzene rings is 1. The second kappa shape index (κ2) is 4.53. The van der Waals surface area contributed by atoms with E-state index < -0.39 is 28.9 Å². The second-order valence-electron chi connectivity index (χ2n) is 6.36. The van der Waals surface area contributed by atoms with Crippen LogP contribution in [0.15, 0.2) is 18.2 Å². The van der Waals surface area contributed by atoms with E-state index in [-0.39, 0.29) is 11.5 Å². The van der Waals surface area contributed by atoms with E-state index in [4.69, 9.17) is 4.74 Å². The van der Waals surface area contributed by atoms with Crippen molar-refractivity contribution in [3.05, 3.63) is 35.4 Å². The Morgan fingerprint density at radius 2 is 1.74 bits per heavy atom. The molecule has 1 aromatic carbocycles. The van der Waals surface area contributed by atoms with E-state index >= 15 is 0 Å². The zero-order chi connectivity index (χ0) is 14.4. The first-order chi connectivity index (χ1) is 8.64. The van der Waals surface area contributed by atoms with Gasteiger partial charge in [0.15, 0.2) is 0 Å². The molecule has 1 aliphatic heterocycles. The molecule has 0 saturated carbocycles. The highest BCUT2D eigenvalue weighted by Gasteiger charge is 2.49. The quantitative estimate of drug-likeness (QED) is 0.890. The van der Waals surface area contributed by atoms with Crippen molar-refractivity contribution in [2.24, 2.45) is 5.92 Å². The summed E-state index contributed by atoms with van der Waals surface area (Å²) in [7, 11) is 0. The van der Waals surface area contributed by atoms with E-state index in [0.717, 1.165) is 12.1 Å². The number of aliphatic hydroxyl groups is 1. The second-order valence-corrected chi connectivity index (χ2v) is 6.36. The molecule has 1 N–H and O–H groups in total. The van der Waals surface area contributed by atoms with E-state index in [0.29, 0.717) is 6.42 Å². The van der Waals surface area contributed by atoms with Crippen molar-refractivity contribution in [1.82, 2.24) is 0 Å². The smallest absolute Gasteiger partial charge is 0.131 e. The number of rotatable bonds is 2. The van der Waals surface area contributed by atoms with Crippen LogP contribution in [0.2, 0.25) is 0 Å². The third-order valence-corrected chi connectivity index (χ3v) is 3.82. The van der Waals surface area contributed by atoms with Crippen LogP contribution < -0.4 is 0 Å². The van der Waals surface area contributed by atoms with Crippen molar-refractivity contribution in [2.45, 2.75) is 51.4 Å². The van der Waals surface area contributed by atoms with E-state index in [1.807, 2.05) is 27.7 Å². The Hall–Kier alpha value is -1.00. The predicted molar refractivity (Wildman–Crippen MR) is 68.7 cm³/mol. The lowest BCUT2D eigenvalue weighted by atomic mass is 9.80. The molecule has 2 nitrogen and oxygen atoms in total. The SMILES string of the molecule is CC1(C)CC(C(O)c2c(F)cccc2F)C(C)(C)O1. The van der Waals surface area contributed by atoms with Gasteiger partial charge in [0, 0.05) is 5.92 Å². The molecule has 0 aliphatic carbocycles. The van der Waals surface area contributed by atoms with Crippen LogP contribution in [0.3, 0.4) is 0 Å². The molecule has 0 bridgehead atoms. The maximum absolute atomic E-state index is 13.8. The van der Waals surface area contributed by atoms with Gasteiger partial charge >= 0.3 is 0 Å². The van der Waals surface area contributed by atoms with Crippen LogP contribution in [0.5, 0.6) is 0 Å². The van der Waals surface area contributed by atoms with Crippen LogP contribution in [-0.4, -0.2) is 16.3 Å². The molecule has 2 unspecified atom stereocenters. The normalized spacial score (nSPS) is 26.4. The Labute approximate surface area is 112 Å². The Kier molecular flexibility index (Phi) is 3.43. The highest BCUT2D eigenvalue weighted by atomic mass is 19.1. The fourth-order valence-corrected chi connectivity index (χ4v) is 3.09. The van der Waals surface area contributed by atoms with Crippen LogP contribution in [0, 0.1) is 17.6 Å². The average molecular weight is 270 g/mol. The first-order valence-electron chi connectivity index (χ1n) is 6.46. The molecule has 4 heteroatoms. The summed E-state index contributed by atoms with van der Waals surface area (Å²) in [6.07, 6.45) is -0.660. The third kappa shape index (κ3) is 2.65. The van der Waals surface area contributed by atoms with Crippen LogP contribution in [0.25, 0.3) is 0 Å². The zero-order valence-electron chi connectivity index (χ0n) is 11.7. The van der Waals surface area contributed by atoms with Gasteiger partial charge in [-0.05, 0) is 46.2 Å². The maximum Gasteiger partial charge on any atom is 0.131 e. The number of hydrogen-bond donors (Lipinski definition) is 1. The van der Waals surface area contributed by atoms with Gasteiger partial charge in [0.1, 0.15) is 11.6 Å². The summed E-state index contributed by atoms with van der Waals surface area (Å²) in [5.41, 5.74) is -1.30. The highest BCUT2D eigenvalue weighted by molar-refractivity contribution is 5.24. The Morgan fingerprint density at radius 3 is 2.16 bits per heavy atom. The van der Waals surface area contributed by atoms with Crippen molar-refractivity contribution in [3.8, 4) is 0 Å². The minimum atomic E-state index is -1.21. The maximum atomic E-state index is 13.8. The standard InChI is InChI=1S/C15H20F2O2/c1-14(2)8-9(15(3,4)19-14)13(18)12-10(16)6-5-7-11(12)17/h5-7,9,13,18H,8H2,1-4H3. The van der Waals surface area contributed by atoms with Gasteiger partial charge in [0.05, 0.1) is 22.9 Å². The van der Waals surface area contributed by atoms with E-state index in [1.54, 1.807) is 0 Å². The molecule has 1 saturated heterocycles. The van der Waals surface area contributed by atoms with Gasteiger partial charge in [-0.2, -0.15) is 0 Å². The fraction of sp³-hybridized carbons (Fsp3) is 0.600. The molecular formula is C15H20F2O2. The Bertz CT molecular complexity index is 463. The first-order valence-corrected chi connectivity index (χ1v) is 6.46. The number of hydrogen-bond acceptors (Lipinski definition) is 2. The van der Waals surface area contributed by atoms with Crippen molar-refractivity contribution in [2.75, 3.05) is 0 Å². The summed E-state index contributed by atoms with van der Waals surface area (Å²) in [4.78, 5) is 0. The van der Waals surface area contributed by atoms with Crippen molar-refractivity contribution < 1.29 is 18.6 Å². The summed E-state index contributed by atoms with van der Waals surface area (Å²) in [6.45, 7) is 7.52. The topological polar surface area (TPSA) is 29.5 Å². The predicted octanol–water partition coefficient (Wildman–Crippen LogP) is 3.59. The summed E-state index contributed by atoms with van der Waals surface area (Å²) in [5, 5.41) is 10.4. The lowest BCUT2D eigenvalue weighted by Crippen LogP contribution is -2.33. The molecular weight excluding hydrogens is 250 g/mol. The molecule has 0 aromatic heterocycles. The molecule has 0 radical (unpaired) electrons. The van der Waals surface area contributed by atoms with E-state index in [2.05, 4.69) is 0 Å². The van der Waals surface area contributed by atoms with Crippen LogP contribution in [0.1, 0.15) is 45.8 Å². The molecule has 1 fully saturated rings. The zero-order valence-corrected chi connectivity index (χ0v) is 11.7. The van der Waals surface area contributed by atoms with Crippen molar-refractivity contribution >= 4 is 0 Å². The lowest BCUT2D eigenvalue weighted by Gasteiger charge is -2.30. The van der Waals surface area contributed by atoms with Gasteiger partial charge < -0.3 is 9.84 Å². The fourth-order valence-electron chi connectivity index (χ4n) is 3.09. The van der Waals surface area contributed by atoms with Gasteiger partial charge in [-0.25, -0.2) is 8.78 Å². The largest absolute Gasteiger partial charge is 0.388 e. The van der Waals surface area contributed by atoms with Gasteiger partial charge in [0.25, 0.3) is 0 Å². The average Bonchev–Trinajstić information content (AvgIpc) is 2.46. The van der Waals surface area contributed by atoms with Crippen LogP contribution >= 0.6 is 0 Å². The molecule has 2 rings (SSSR count). The molecule has 0 amide bonds. The first kappa shape index (κ1) is 14.4. The Morgan fingerprint density at radius 1 is 1.21 bits per heavy atom. The molecule has 0 spiro atoms. The molecule has 1 aromatic rings. The number of ether oxygens (including phenoxy) is 1. The molecule has 2 atom stereocenters. The van der Waals surface area contributed by atoms with Gasteiger partial charge in [-0.15, -0.1) is 0 Å². The van der Waals surface area contributed by atoms with Gasteiger partial charge in [0.2, 0.25) is 0 Å². The number of aliphatic hydroxyl groups excluding tert-OH is 1. The minimum absolute atomic E-state index is 0.262. The highest BCUT2D eigenvalue weighted by Crippen LogP contribution is 2.48. The molecule has 1 heterocycles. The molecule has 1 aliphatic rings. The molecule has 19 heavy (non-hydrogen) atoms. The van der Waals surface area contributed by atoms with Gasteiger partial charge in [-0.1, -0.05) is 6.07 Å². The van der Waals surface area contributed by atoms with Crippen LogP contribution in [-0.2, 0) is 4.74 Å². The summed E-state index contributed by atoms with van der Waals surface area (Å²) in [5.74, 6) is -1.78.